The molecule has 8 nitrogen and oxygen atoms in total. The molecular formula is C40H54ClN3O5S. The zero-order valence-corrected chi connectivity index (χ0v) is 31.9. The number of anilines is 1. The second-order valence-electron chi connectivity index (χ2n) is 15.1. The molecule has 2 amide bonds. The molecule has 0 radical (unpaired) electrons. The van der Waals surface area contributed by atoms with Gasteiger partial charge in [0, 0.05) is 54.5 Å². The van der Waals surface area contributed by atoms with E-state index in [1.807, 2.05) is 50.8 Å². The Balaban J connectivity index is 1.46. The summed E-state index contributed by atoms with van der Waals surface area (Å²) in [7, 11) is -1.26. The molecule has 2 aromatic rings. The molecule has 272 valence electrons. The van der Waals surface area contributed by atoms with Crippen LogP contribution in [0.4, 0.5) is 5.69 Å². The minimum atomic E-state index is -3.00. The molecule has 2 heterocycles. The van der Waals surface area contributed by atoms with Crippen molar-refractivity contribution in [2.24, 2.45) is 17.8 Å². The van der Waals surface area contributed by atoms with E-state index >= 15 is 0 Å². The van der Waals surface area contributed by atoms with Crippen LogP contribution in [-0.4, -0.2) is 77.5 Å². The summed E-state index contributed by atoms with van der Waals surface area (Å²) in [6.07, 6.45) is 10.0. The van der Waals surface area contributed by atoms with Crippen LogP contribution in [0.1, 0.15) is 87.7 Å². The standard InChI is InChI=1S/C40H54ClN3O5S/c1-7-43(8-2)37(45)23-40(48-5)20-9-11-27(3)28(4)50(6,47)42-38(46)30-14-18-36-35(22-30)44(24-31-13-16-34(31)40)25-39(26-49-36)19-10-12-29-21-32(41)15-17-33(29)39/h9,14-15,17-18,20-22,27-28,31,34H,6-8,10-13,16,19,23-26H2,1-5H3,(H,42,46,47)/b20-9+/t27-,28+,31-,34+,39-,40+,50?/m0/s1. The van der Waals surface area contributed by atoms with E-state index in [9.17, 15) is 13.8 Å². The number of rotatable bonds is 5. The van der Waals surface area contributed by atoms with E-state index in [2.05, 4.69) is 39.8 Å². The summed E-state index contributed by atoms with van der Waals surface area (Å²) in [6.45, 7) is 11.2. The molecule has 2 aliphatic carbocycles. The SMILES string of the molecule is C=S1(=O)NC(=O)c2ccc3c(c2)N(C[C@@H]2CC[C@H]2[C@@](CC(=O)N(CC)CC)(OC)/C=C/C[C@H](C)[C@H]1C)C[C@@]1(CCCc2cc(Cl)ccc21)CO3. The van der Waals surface area contributed by atoms with Crippen LogP contribution in [0.15, 0.2) is 48.6 Å². The van der Waals surface area contributed by atoms with Crippen LogP contribution in [0.5, 0.6) is 5.75 Å². The van der Waals surface area contributed by atoms with Crippen molar-refractivity contribution in [3.8, 4) is 5.75 Å². The first-order valence-electron chi connectivity index (χ1n) is 18.3. The zero-order valence-electron chi connectivity index (χ0n) is 30.3. The molecule has 1 spiro atoms. The van der Waals surface area contributed by atoms with Gasteiger partial charge in [-0.25, -0.2) is 4.21 Å². The zero-order chi connectivity index (χ0) is 35.8. The van der Waals surface area contributed by atoms with Gasteiger partial charge in [0.05, 0.1) is 34.0 Å². The van der Waals surface area contributed by atoms with E-state index in [0.29, 0.717) is 44.8 Å². The van der Waals surface area contributed by atoms with Crippen LogP contribution < -0.4 is 14.4 Å². The van der Waals surface area contributed by atoms with Crippen LogP contribution in [0.25, 0.3) is 0 Å². The number of nitrogens with one attached hydrogen (secondary N) is 1. The fraction of sp³-hybridized carbons (Fsp3) is 0.575. The number of nitrogens with zero attached hydrogens (tertiary/aromatic N) is 2. The normalized spacial score (nSPS) is 33.2. The predicted octanol–water partition coefficient (Wildman–Crippen LogP) is 6.83. The molecule has 1 N–H and O–H groups in total. The van der Waals surface area contributed by atoms with Gasteiger partial charge < -0.3 is 19.3 Å². The van der Waals surface area contributed by atoms with Gasteiger partial charge in [-0.3, -0.25) is 14.3 Å². The second kappa shape index (κ2) is 14.5. The second-order valence-corrected chi connectivity index (χ2v) is 17.9. The highest BCUT2D eigenvalue weighted by atomic mass is 35.5. The number of carbonyl (C=O) groups is 2. The molecule has 0 aromatic heterocycles. The maximum Gasteiger partial charge on any atom is 0.262 e. The highest BCUT2D eigenvalue weighted by molar-refractivity contribution is 7.99. The quantitative estimate of drug-likeness (QED) is 0.269. The van der Waals surface area contributed by atoms with Gasteiger partial charge in [-0.2, -0.15) is 0 Å². The molecular weight excluding hydrogens is 670 g/mol. The number of benzene rings is 2. The molecule has 7 atom stereocenters. The third kappa shape index (κ3) is 6.94. The number of carbonyl (C=O) groups excluding carboxylic acids is 2. The van der Waals surface area contributed by atoms with Crippen molar-refractivity contribution >= 4 is 44.7 Å². The van der Waals surface area contributed by atoms with Crippen molar-refractivity contribution in [3.05, 3.63) is 70.3 Å². The predicted molar refractivity (Wildman–Crippen MR) is 204 cm³/mol. The Kier molecular flexibility index (Phi) is 10.7. The highest BCUT2D eigenvalue weighted by Gasteiger charge is 2.50. The van der Waals surface area contributed by atoms with Crippen molar-refractivity contribution in [1.82, 2.24) is 9.62 Å². The monoisotopic (exact) mass is 723 g/mol. The van der Waals surface area contributed by atoms with Crippen molar-refractivity contribution in [2.75, 3.05) is 44.8 Å². The lowest BCUT2D eigenvalue weighted by atomic mass is 9.62. The number of ether oxygens (including phenoxy) is 2. The highest BCUT2D eigenvalue weighted by Crippen LogP contribution is 2.50. The maximum atomic E-state index is 14.0. The minimum Gasteiger partial charge on any atom is -0.490 e. The summed E-state index contributed by atoms with van der Waals surface area (Å²) in [5, 5.41) is 0.348. The molecule has 2 aliphatic heterocycles. The molecule has 4 aliphatic rings. The van der Waals surface area contributed by atoms with Gasteiger partial charge in [0.15, 0.2) is 0 Å². The Morgan fingerprint density at radius 3 is 2.66 bits per heavy atom. The van der Waals surface area contributed by atoms with E-state index in [-0.39, 0.29) is 35.5 Å². The molecule has 2 bridgehead atoms. The fourth-order valence-corrected chi connectivity index (χ4v) is 10.5. The Labute approximate surface area is 304 Å². The van der Waals surface area contributed by atoms with Gasteiger partial charge in [0.2, 0.25) is 5.91 Å². The third-order valence-electron chi connectivity index (χ3n) is 12.3. The number of halogens is 1. The first-order chi connectivity index (χ1) is 23.8. The number of aryl methyl sites for hydroxylation is 1. The summed E-state index contributed by atoms with van der Waals surface area (Å²) in [6, 6.07) is 11.8. The first-order valence-corrected chi connectivity index (χ1v) is 20.5. The number of methoxy groups -OCH3 is 1. The molecule has 2 aromatic carbocycles. The largest absolute Gasteiger partial charge is 0.490 e. The summed E-state index contributed by atoms with van der Waals surface area (Å²) in [5.41, 5.74) is 2.75. The van der Waals surface area contributed by atoms with E-state index < -0.39 is 26.5 Å². The Morgan fingerprint density at radius 1 is 1.18 bits per heavy atom. The van der Waals surface area contributed by atoms with Gasteiger partial charge in [0.1, 0.15) is 5.75 Å². The molecule has 6 rings (SSSR count). The Bertz CT molecular complexity index is 1740. The number of hydrogen-bond acceptors (Lipinski definition) is 6. The Hall–Kier alpha value is -3.01. The van der Waals surface area contributed by atoms with Gasteiger partial charge in [0.25, 0.3) is 5.91 Å². The lowest BCUT2D eigenvalue weighted by molar-refractivity contribution is -0.142. The number of fused-ring (bicyclic) bond motifs is 4. The molecule has 1 fully saturated rings. The van der Waals surface area contributed by atoms with Crippen molar-refractivity contribution in [2.45, 2.75) is 88.9 Å². The molecule has 0 saturated heterocycles. The molecule has 50 heavy (non-hydrogen) atoms. The van der Waals surface area contributed by atoms with E-state index in [1.54, 1.807) is 13.2 Å². The molecule has 1 saturated carbocycles. The van der Waals surface area contributed by atoms with E-state index in [1.165, 1.54) is 11.1 Å². The topological polar surface area (TPSA) is 88.2 Å². The summed E-state index contributed by atoms with van der Waals surface area (Å²) < 4.78 is 29.9. The maximum absolute atomic E-state index is 14.0. The van der Waals surface area contributed by atoms with Gasteiger partial charge in [-0.15, -0.1) is 0 Å². The smallest absolute Gasteiger partial charge is 0.262 e. The van der Waals surface area contributed by atoms with Gasteiger partial charge in [-0.1, -0.05) is 36.7 Å². The van der Waals surface area contributed by atoms with E-state index in [0.717, 1.165) is 48.6 Å². The summed E-state index contributed by atoms with van der Waals surface area (Å²) >= 11 is 6.48. The van der Waals surface area contributed by atoms with Gasteiger partial charge in [-0.05, 0) is 124 Å². The molecule has 10 heteroatoms. The summed E-state index contributed by atoms with van der Waals surface area (Å²) in [4.78, 5) is 31.8. The van der Waals surface area contributed by atoms with Crippen molar-refractivity contribution in [1.29, 1.82) is 0 Å². The van der Waals surface area contributed by atoms with Crippen LogP contribution >= 0.6 is 11.6 Å². The van der Waals surface area contributed by atoms with Crippen LogP contribution in [0.2, 0.25) is 5.02 Å². The third-order valence-corrected chi connectivity index (χ3v) is 14.7. The van der Waals surface area contributed by atoms with Crippen molar-refractivity contribution < 1.29 is 23.3 Å². The van der Waals surface area contributed by atoms with E-state index in [4.69, 9.17) is 21.1 Å². The number of allylic oxidation sites excluding steroid dienone is 1. The van der Waals surface area contributed by atoms with Gasteiger partial charge >= 0.3 is 0 Å². The Morgan fingerprint density at radius 2 is 1.96 bits per heavy atom. The molecule has 1 unspecified atom stereocenters. The lowest BCUT2D eigenvalue weighted by Crippen LogP contribution is -2.54. The van der Waals surface area contributed by atoms with Crippen LogP contribution in [0, 0.1) is 17.8 Å². The minimum absolute atomic E-state index is 0.0462. The number of hydrogen-bond donors (Lipinski definition) is 1. The van der Waals surface area contributed by atoms with Crippen LogP contribution in [-0.2, 0) is 31.1 Å². The first kappa shape index (κ1) is 36.8. The number of amides is 2. The average Bonchev–Trinajstić information content (AvgIpc) is 3.22. The van der Waals surface area contributed by atoms with Crippen LogP contribution in [0.3, 0.4) is 0 Å². The average molecular weight is 724 g/mol. The fourth-order valence-electron chi connectivity index (χ4n) is 8.86. The summed E-state index contributed by atoms with van der Waals surface area (Å²) in [5.74, 6) is 4.72. The lowest BCUT2D eigenvalue weighted by Gasteiger charge is -2.50. The van der Waals surface area contributed by atoms with Crippen molar-refractivity contribution in [3.63, 3.8) is 0 Å².